The smallest absolute Gasteiger partial charge is 0.161 e. The van der Waals surface area contributed by atoms with Gasteiger partial charge in [-0.25, -0.2) is 0 Å². The topological polar surface area (TPSA) is 57.4 Å². The van der Waals surface area contributed by atoms with Gasteiger partial charge in [-0.1, -0.05) is 6.07 Å². The van der Waals surface area contributed by atoms with Crippen molar-refractivity contribution < 1.29 is 9.47 Å². The summed E-state index contributed by atoms with van der Waals surface area (Å²) < 4.78 is 11.2. The van der Waals surface area contributed by atoms with E-state index in [4.69, 9.17) is 15.2 Å². The molecule has 2 aromatic rings. The minimum atomic E-state index is 0.128. The van der Waals surface area contributed by atoms with E-state index in [0.717, 1.165) is 29.9 Å². The van der Waals surface area contributed by atoms with Gasteiger partial charge >= 0.3 is 0 Å². The van der Waals surface area contributed by atoms with Gasteiger partial charge in [0.25, 0.3) is 0 Å². The Hall–Kier alpha value is -2.07. The van der Waals surface area contributed by atoms with Crippen LogP contribution in [0.4, 0.5) is 0 Å². The third kappa shape index (κ3) is 4.76. The standard InChI is InChI=1S/C17H22N2O2/c1-13(18)11-15-3-4-16(20-2)17(12-15)21-10-7-14-5-8-19-9-6-14/h3-6,8-9,12-13H,7,10-11,18H2,1-2H3. The molecule has 0 radical (unpaired) electrons. The fourth-order valence-corrected chi connectivity index (χ4v) is 2.16. The predicted molar refractivity (Wildman–Crippen MR) is 83.8 cm³/mol. The molecule has 0 spiro atoms. The van der Waals surface area contributed by atoms with Crippen molar-refractivity contribution in [2.45, 2.75) is 25.8 Å². The highest BCUT2D eigenvalue weighted by molar-refractivity contribution is 5.43. The first kappa shape index (κ1) is 15.3. The third-order valence-corrected chi connectivity index (χ3v) is 3.18. The molecule has 21 heavy (non-hydrogen) atoms. The fraction of sp³-hybridized carbons (Fsp3) is 0.353. The van der Waals surface area contributed by atoms with Crippen LogP contribution in [0.15, 0.2) is 42.7 Å². The molecule has 4 nitrogen and oxygen atoms in total. The van der Waals surface area contributed by atoms with E-state index >= 15 is 0 Å². The van der Waals surface area contributed by atoms with Crippen LogP contribution in [-0.4, -0.2) is 24.7 Å². The molecule has 0 saturated heterocycles. The number of methoxy groups -OCH3 is 1. The van der Waals surface area contributed by atoms with E-state index in [1.807, 2.05) is 37.3 Å². The van der Waals surface area contributed by atoms with Crippen molar-refractivity contribution in [3.05, 3.63) is 53.9 Å². The van der Waals surface area contributed by atoms with Gasteiger partial charge in [0.05, 0.1) is 13.7 Å². The predicted octanol–water partition coefficient (Wildman–Crippen LogP) is 2.60. The maximum atomic E-state index is 5.87. The molecule has 2 N–H and O–H groups in total. The van der Waals surface area contributed by atoms with Crippen molar-refractivity contribution in [3.63, 3.8) is 0 Å². The summed E-state index contributed by atoms with van der Waals surface area (Å²) in [5.41, 5.74) is 8.20. The van der Waals surface area contributed by atoms with E-state index in [9.17, 15) is 0 Å². The van der Waals surface area contributed by atoms with Gasteiger partial charge in [-0.15, -0.1) is 0 Å². The molecule has 2 rings (SSSR count). The van der Waals surface area contributed by atoms with Gasteiger partial charge in [0.2, 0.25) is 0 Å². The SMILES string of the molecule is COc1ccc(CC(C)N)cc1OCCc1ccncc1. The van der Waals surface area contributed by atoms with Crippen molar-refractivity contribution in [2.24, 2.45) is 5.73 Å². The Kier molecular flexibility index (Phi) is 5.58. The van der Waals surface area contributed by atoms with Gasteiger partial charge in [0, 0.05) is 24.9 Å². The zero-order valence-corrected chi connectivity index (χ0v) is 12.6. The second kappa shape index (κ2) is 7.64. The molecule has 1 unspecified atom stereocenters. The maximum Gasteiger partial charge on any atom is 0.161 e. The molecule has 1 aromatic carbocycles. The average molecular weight is 286 g/mol. The van der Waals surface area contributed by atoms with Crippen molar-refractivity contribution in [1.29, 1.82) is 0 Å². The molecule has 0 bridgehead atoms. The molecule has 1 heterocycles. The summed E-state index contributed by atoms with van der Waals surface area (Å²) in [5.74, 6) is 1.52. The molecule has 0 aliphatic carbocycles. The number of rotatable bonds is 7. The minimum absolute atomic E-state index is 0.128. The zero-order valence-electron chi connectivity index (χ0n) is 12.6. The quantitative estimate of drug-likeness (QED) is 0.850. The third-order valence-electron chi connectivity index (χ3n) is 3.18. The Morgan fingerprint density at radius 1 is 1.10 bits per heavy atom. The van der Waals surface area contributed by atoms with Crippen LogP contribution >= 0.6 is 0 Å². The molecular weight excluding hydrogens is 264 g/mol. The second-order valence-electron chi connectivity index (χ2n) is 5.12. The van der Waals surface area contributed by atoms with Crippen LogP contribution in [0.3, 0.4) is 0 Å². The summed E-state index contributed by atoms with van der Waals surface area (Å²) in [6, 6.07) is 10.1. The molecule has 112 valence electrons. The molecule has 0 saturated carbocycles. The summed E-state index contributed by atoms with van der Waals surface area (Å²) in [5, 5.41) is 0. The molecule has 0 fully saturated rings. The Morgan fingerprint density at radius 3 is 2.52 bits per heavy atom. The van der Waals surface area contributed by atoms with Gasteiger partial charge in [0.15, 0.2) is 11.5 Å². The zero-order chi connectivity index (χ0) is 15.1. The first-order valence-electron chi connectivity index (χ1n) is 7.13. The molecule has 0 aliphatic heterocycles. The first-order valence-corrected chi connectivity index (χ1v) is 7.13. The summed E-state index contributed by atoms with van der Waals surface area (Å²) in [6.45, 7) is 2.59. The lowest BCUT2D eigenvalue weighted by molar-refractivity contribution is 0.297. The highest BCUT2D eigenvalue weighted by Gasteiger charge is 2.07. The lowest BCUT2D eigenvalue weighted by Gasteiger charge is -2.13. The number of ether oxygens (including phenoxy) is 2. The Balaban J connectivity index is 2.00. The van der Waals surface area contributed by atoms with Gasteiger partial charge in [0.1, 0.15) is 0 Å². The summed E-state index contributed by atoms with van der Waals surface area (Å²) in [6.07, 6.45) is 5.24. The summed E-state index contributed by atoms with van der Waals surface area (Å²) >= 11 is 0. The first-order chi connectivity index (χ1) is 10.2. The lowest BCUT2D eigenvalue weighted by atomic mass is 10.1. The molecule has 1 aromatic heterocycles. The number of aromatic nitrogens is 1. The van der Waals surface area contributed by atoms with Crippen molar-refractivity contribution in [1.82, 2.24) is 4.98 Å². The summed E-state index contributed by atoms with van der Waals surface area (Å²) in [4.78, 5) is 4.01. The number of nitrogens with zero attached hydrogens (tertiary/aromatic N) is 1. The molecule has 0 aliphatic rings. The van der Waals surface area contributed by atoms with Gasteiger partial charge in [-0.05, 0) is 48.7 Å². The highest BCUT2D eigenvalue weighted by atomic mass is 16.5. The largest absolute Gasteiger partial charge is 0.493 e. The van der Waals surface area contributed by atoms with Crippen LogP contribution in [-0.2, 0) is 12.8 Å². The summed E-state index contributed by atoms with van der Waals surface area (Å²) in [7, 11) is 1.65. The minimum Gasteiger partial charge on any atom is -0.493 e. The van der Waals surface area contributed by atoms with Crippen LogP contribution in [0.2, 0.25) is 0 Å². The van der Waals surface area contributed by atoms with E-state index in [2.05, 4.69) is 4.98 Å². The molecule has 0 amide bonds. The number of nitrogens with two attached hydrogens (primary N) is 1. The highest BCUT2D eigenvalue weighted by Crippen LogP contribution is 2.28. The van der Waals surface area contributed by atoms with Crippen LogP contribution < -0.4 is 15.2 Å². The van der Waals surface area contributed by atoms with Gasteiger partial charge < -0.3 is 15.2 Å². The van der Waals surface area contributed by atoms with Gasteiger partial charge in [-0.3, -0.25) is 4.98 Å². The second-order valence-corrected chi connectivity index (χ2v) is 5.12. The van der Waals surface area contributed by atoms with Crippen molar-refractivity contribution in [2.75, 3.05) is 13.7 Å². The Labute approximate surface area is 125 Å². The number of hydrogen-bond donors (Lipinski definition) is 1. The monoisotopic (exact) mass is 286 g/mol. The Morgan fingerprint density at radius 2 is 1.86 bits per heavy atom. The average Bonchev–Trinajstić information content (AvgIpc) is 2.48. The van der Waals surface area contributed by atoms with Crippen LogP contribution in [0.25, 0.3) is 0 Å². The number of pyridine rings is 1. The lowest BCUT2D eigenvalue weighted by Crippen LogP contribution is -2.17. The van der Waals surface area contributed by atoms with E-state index in [0.29, 0.717) is 6.61 Å². The number of hydrogen-bond acceptors (Lipinski definition) is 4. The van der Waals surface area contributed by atoms with E-state index < -0.39 is 0 Å². The molecular formula is C17H22N2O2. The Bertz CT molecular complexity index is 556. The maximum absolute atomic E-state index is 5.87. The van der Waals surface area contributed by atoms with E-state index in [-0.39, 0.29) is 6.04 Å². The molecule has 1 atom stereocenters. The van der Waals surface area contributed by atoms with Crippen LogP contribution in [0.1, 0.15) is 18.1 Å². The van der Waals surface area contributed by atoms with E-state index in [1.165, 1.54) is 5.56 Å². The molecule has 4 heteroatoms. The van der Waals surface area contributed by atoms with Crippen LogP contribution in [0, 0.1) is 0 Å². The fourth-order valence-electron chi connectivity index (χ4n) is 2.16. The van der Waals surface area contributed by atoms with Gasteiger partial charge in [-0.2, -0.15) is 0 Å². The number of benzene rings is 1. The van der Waals surface area contributed by atoms with Crippen molar-refractivity contribution in [3.8, 4) is 11.5 Å². The van der Waals surface area contributed by atoms with Crippen LogP contribution in [0.5, 0.6) is 11.5 Å². The van der Waals surface area contributed by atoms with Crippen molar-refractivity contribution >= 4 is 0 Å². The normalized spacial score (nSPS) is 12.0. The van der Waals surface area contributed by atoms with E-state index in [1.54, 1.807) is 19.5 Å².